The van der Waals surface area contributed by atoms with Crippen molar-refractivity contribution >= 4 is 5.91 Å². The summed E-state index contributed by atoms with van der Waals surface area (Å²) in [6.45, 7) is 2.07. The van der Waals surface area contributed by atoms with Crippen molar-refractivity contribution in [1.82, 2.24) is 15.6 Å². The third kappa shape index (κ3) is 4.51. The molecule has 1 amide bonds. The van der Waals surface area contributed by atoms with Crippen molar-refractivity contribution in [2.45, 2.75) is 26.4 Å². The lowest BCUT2D eigenvalue weighted by atomic mass is 10.2. The number of hydrogen-bond donors (Lipinski definition) is 1. The average Bonchev–Trinajstić information content (AvgIpc) is 2.83. The second kappa shape index (κ2) is 6.65. The number of nitrogens with zero attached hydrogens (tertiary/aromatic N) is 2. The molecule has 0 aliphatic carbocycles. The molecule has 0 spiro atoms. The minimum atomic E-state index is -0.216. The van der Waals surface area contributed by atoms with Gasteiger partial charge >= 0.3 is 0 Å². The zero-order valence-corrected chi connectivity index (χ0v) is 10.6. The van der Waals surface area contributed by atoms with E-state index in [2.05, 4.69) is 15.6 Å². The number of hydrogen-bond acceptors (Lipinski definition) is 5. The molecule has 1 aromatic carbocycles. The lowest BCUT2D eigenvalue weighted by Gasteiger charge is -2.04. The van der Waals surface area contributed by atoms with Crippen molar-refractivity contribution < 1.29 is 14.2 Å². The third-order valence-electron chi connectivity index (χ3n) is 2.40. The van der Waals surface area contributed by atoms with E-state index in [-0.39, 0.29) is 12.3 Å². The van der Waals surface area contributed by atoms with Crippen molar-refractivity contribution in [1.29, 1.82) is 0 Å². The standard InChI is InChI=1S/C13H15N3O3/c1-10-14-13(19-15-10)8-7-12(17)16-18-9-11-5-3-2-4-6-11/h2-6H,7-9H2,1H3,(H,16,17). The molecule has 19 heavy (non-hydrogen) atoms. The van der Waals surface area contributed by atoms with E-state index in [0.29, 0.717) is 24.7 Å². The molecule has 0 saturated heterocycles. The van der Waals surface area contributed by atoms with Crippen LogP contribution in [0.3, 0.4) is 0 Å². The van der Waals surface area contributed by atoms with Gasteiger partial charge in [0.15, 0.2) is 5.82 Å². The third-order valence-corrected chi connectivity index (χ3v) is 2.40. The van der Waals surface area contributed by atoms with Crippen LogP contribution in [0, 0.1) is 6.92 Å². The topological polar surface area (TPSA) is 77.2 Å². The summed E-state index contributed by atoms with van der Waals surface area (Å²) in [5.74, 6) is 0.804. The van der Waals surface area contributed by atoms with E-state index in [4.69, 9.17) is 9.36 Å². The minimum absolute atomic E-state index is 0.216. The summed E-state index contributed by atoms with van der Waals surface area (Å²) in [7, 11) is 0. The minimum Gasteiger partial charge on any atom is -0.339 e. The fourth-order valence-corrected chi connectivity index (χ4v) is 1.49. The van der Waals surface area contributed by atoms with E-state index in [0.717, 1.165) is 5.56 Å². The SMILES string of the molecule is Cc1noc(CCC(=O)NOCc2ccccc2)n1. The number of aryl methyl sites for hydroxylation is 2. The maximum Gasteiger partial charge on any atom is 0.244 e. The fraction of sp³-hybridized carbons (Fsp3) is 0.308. The number of hydroxylamine groups is 1. The van der Waals surface area contributed by atoms with Crippen molar-refractivity contribution in [3.8, 4) is 0 Å². The van der Waals surface area contributed by atoms with Gasteiger partial charge < -0.3 is 4.52 Å². The summed E-state index contributed by atoms with van der Waals surface area (Å²) in [6.07, 6.45) is 0.651. The molecule has 0 bridgehead atoms. The largest absolute Gasteiger partial charge is 0.339 e. The van der Waals surface area contributed by atoms with Gasteiger partial charge in [0, 0.05) is 12.8 Å². The average molecular weight is 261 g/mol. The molecule has 6 heteroatoms. The number of amides is 1. The molecule has 2 aromatic rings. The number of carbonyl (C=O) groups excluding carboxylic acids is 1. The first-order valence-electron chi connectivity index (χ1n) is 5.98. The van der Waals surface area contributed by atoms with Gasteiger partial charge in [0.25, 0.3) is 0 Å². The van der Waals surface area contributed by atoms with Crippen molar-refractivity contribution in [2.24, 2.45) is 0 Å². The van der Waals surface area contributed by atoms with E-state index < -0.39 is 0 Å². The van der Waals surface area contributed by atoms with Crippen LogP contribution in [0.15, 0.2) is 34.9 Å². The molecule has 100 valence electrons. The maximum atomic E-state index is 11.5. The molecule has 1 N–H and O–H groups in total. The second-order valence-corrected chi connectivity index (χ2v) is 4.03. The van der Waals surface area contributed by atoms with Crippen molar-refractivity contribution in [3.05, 3.63) is 47.6 Å². The summed E-state index contributed by atoms with van der Waals surface area (Å²) in [5.41, 5.74) is 3.38. The molecule has 1 aromatic heterocycles. The molecule has 6 nitrogen and oxygen atoms in total. The van der Waals surface area contributed by atoms with Crippen LogP contribution in [0.5, 0.6) is 0 Å². The van der Waals surface area contributed by atoms with Crippen LogP contribution >= 0.6 is 0 Å². The van der Waals surface area contributed by atoms with E-state index >= 15 is 0 Å². The molecule has 0 fully saturated rings. The predicted octanol–water partition coefficient (Wildman–Crippen LogP) is 1.56. The first kappa shape index (κ1) is 13.2. The summed E-state index contributed by atoms with van der Waals surface area (Å²) < 4.78 is 4.91. The summed E-state index contributed by atoms with van der Waals surface area (Å²) >= 11 is 0. The highest BCUT2D eigenvalue weighted by atomic mass is 16.6. The number of nitrogens with one attached hydrogen (secondary N) is 1. The van der Waals surface area contributed by atoms with Crippen LogP contribution in [-0.4, -0.2) is 16.0 Å². The van der Waals surface area contributed by atoms with Crippen LogP contribution in [-0.2, 0) is 22.7 Å². The molecule has 0 aliphatic rings. The van der Waals surface area contributed by atoms with Gasteiger partial charge in [0.2, 0.25) is 11.8 Å². The first-order valence-corrected chi connectivity index (χ1v) is 5.98. The Labute approximate surface area is 110 Å². The molecule has 0 saturated carbocycles. The number of carbonyl (C=O) groups is 1. The van der Waals surface area contributed by atoms with E-state index in [1.807, 2.05) is 30.3 Å². The number of aromatic nitrogens is 2. The first-order chi connectivity index (χ1) is 9.24. The molecular weight excluding hydrogens is 246 g/mol. The molecule has 0 radical (unpaired) electrons. The van der Waals surface area contributed by atoms with E-state index in [1.54, 1.807) is 6.92 Å². The summed E-state index contributed by atoms with van der Waals surface area (Å²) in [6, 6.07) is 9.60. The Morgan fingerprint density at radius 1 is 1.37 bits per heavy atom. The Hall–Kier alpha value is -2.21. The molecule has 2 rings (SSSR count). The smallest absolute Gasteiger partial charge is 0.244 e. The van der Waals surface area contributed by atoms with E-state index in [1.165, 1.54) is 0 Å². The molecule has 1 heterocycles. The Bertz CT molecular complexity index is 525. The van der Waals surface area contributed by atoms with Gasteiger partial charge in [-0.25, -0.2) is 5.48 Å². The zero-order valence-electron chi connectivity index (χ0n) is 10.6. The van der Waals surface area contributed by atoms with Gasteiger partial charge in [-0.05, 0) is 12.5 Å². The van der Waals surface area contributed by atoms with Crippen molar-refractivity contribution in [2.75, 3.05) is 0 Å². The molecule has 0 atom stereocenters. The second-order valence-electron chi connectivity index (χ2n) is 4.03. The quantitative estimate of drug-likeness (QED) is 0.798. The normalized spacial score (nSPS) is 10.4. The Balaban J connectivity index is 1.65. The monoisotopic (exact) mass is 261 g/mol. The maximum absolute atomic E-state index is 11.5. The molecule has 0 aliphatic heterocycles. The van der Waals surface area contributed by atoms with Gasteiger partial charge in [0.05, 0.1) is 6.61 Å². The highest BCUT2D eigenvalue weighted by Gasteiger charge is 2.07. The van der Waals surface area contributed by atoms with Crippen LogP contribution in [0.2, 0.25) is 0 Å². The van der Waals surface area contributed by atoms with Crippen LogP contribution in [0.1, 0.15) is 23.7 Å². The van der Waals surface area contributed by atoms with Gasteiger partial charge in [0.1, 0.15) is 0 Å². The van der Waals surface area contributed by atoms with Gasteiger partial charge in [-0.3, -0.25) is 9.63 Å². The summed E-state index contributed by atoms with van der Waals surface area (Å²) in [4.78, 5) is 20.6. The molecule has 0 unspecified atom stereocenters. The Kier molecular flexibility index (Phi) is 4.63. The Morgan fingerprint density at radius 2 is 2.16 bits per heavy atom. The highest BCUT2D eigenvalue weighted by Crippen LogP contribution is 2.01. The van der Waals surface area contributed by atoms with Gasteiger partial charge in [-0.2, -0.15) is 4.98 Å². The fourth-order valence-electron chi connectivity index (χ4n) is 1.49. The zero-order chi connectivity index (χ0) is 13.5. The number of rotatable bonds is 6. The summed E-state index contributed by atoms with van der Waals surface area (Å²) in [5, 5.41) is 3.65. The van der Waals surface area contributed by atoms with Gasteiger partial charge in [-0.15, -0.1) is 0 Å². The lowest BCUT2D eigenvalue weighted by Crippen LogP contribution is -2.23. The Morgan fingerprint density at radius 3 is 2.84 bits per heavy atom. The molecular formula is C13H15N3O3. The van der Waals surface area contributed by atoms with Crippen LogP contribution < -0.4 is 5.48 Å². The van der Waals surface area contributed by atoms with Gasteiger partial charge in [-0.1, -0.05) is 35.5 Å². The van der Waals surface area contributed by atoms with Crippen LogP contribution in [0.4, 0.5) is 0 Å². The predicted molar refractivity (Wildman–Crippen MR) is 66.7 cm³/mol. The van der Waals surface area contributed by atoms with E-state index in [9.17, 15) is 4.79 Å². The number of benzene rings is 1. The van der Waals surface area contributed by atoms with Crippen LogP contribution in [0.25, 0.3) is 0 Å². The lowest BCUT2D eigenvalue weighted by molar-refractivity contribution is -0.134. The van der Waals surface area contributed by atoms with Crippen molar-refractivity contribution in [3.63, 3.8) is 0 Å². The highest BCUT2D eigenvalue weighted by molar-refractivity contribution is 5.74.